The summed E-state index contributed by atoms with van der Waals surface area (Å²) >= 11 is 5.80. The van der Waals surface area contributed by atoms with Gasteiger partial charge in [-0.3, -0.25) is 0 Å². The maximum atomic E-state index is 14.1. The molecule has 2 aromatic carbocycles. The molecule has 0 atom stereocenters. The number of para-hydroxylation sites is 1. The van der Waals surface area contributed by atoms with Gasteiger partial charge in [0.25, 0.3) is 0 Å². The number of alkyl halides is 4. The van der Waals surface area contributed by atoms with Crippen molar-refractivity contribution in [3.05, 3.63) is 59.5 Å². The smallest absolute Gasteiger partial charge is 0.230 e. The number of benzene rings is 2. The fourth-order valence-corrected chi connectivity index (χ4v) is 2.46. The lowest BCUT2D eigenvalue weighted by atomic mass is 10.2. The van der Waals surface area contributed by atoms with Crippen LogP contribution in [-0.4, -0.2) is 9.78 Å². The number of halogens is 5. The molecule has 1 aromatic heterocycles. The maximum Gasteiger partial charge on any atom is 0.416 e. The molecular formula is C15H9ClF4N2. The van der Waals surface area contributed by atoms with Crippen molar-refractivity contribution in [3.63, 3.8) is 0 Å². The zero-order chi connectivity index (χ0) is 15.9. The first-order chi connectivity index (χ1) is 10.4. The van der Waals surface area contributed by atoms with Gasteiger partial charge in [0.1, 0.15) is 11.3 Å². The number of rotatable bonds is 2. The van der Waals surface area contributed by atoms with Crippen molar-refractivity contribution in [2.75, 3.05) is 0 Å². The van der Waals surface area contributed by atoms with Gasteiger partial charge in [0.2, 0.25) is 0 Å². The summed E-state index contributed by atoms with van der Waals surface area (Å²) in [5.74, 6) is -0.436. The normalized spacial score (nSPS) is 12.0. The van der Waals surface area contributed by atoms with Crippen molar-refractivity contribution in [1.82, 2.24) is 9.78 Å². The van der Waals surface area contributed by atoms with Crippen LogP contribution in [0.2, 0.25) is 0 Å². The van der Waals surface area contributed by atoms with Gasteiger partial charge in [-0.15, -0.1) is 11.6 Å². The molecule has 114 valence electrons. The molecule has 1 heterocycles. The summed E-state index contributed by atoms with van der Waals surface area (Å²) < 4.78 is 53.1. The third-order valence-corrected chi connectivity index (χ3v) is 3.55. The summed E-state index contributed by atoms with van der Waals surface area (Å²) in [5.41, 5.74) is 0.221. The van der Waals surface area contributed by atoms with E-state index >= 15 is 0 Å². The number of hydrogen-bond donors (Lipinski definition) is 0. The van der Waals surface area contributed by atoms with E-state index in [1.54, 1.807) is 6.07 Å². The lowest BCUT2D eigenvalue weighted by Crippen LogP contribution is -2.05. The first kappa shape index (κ1) is 14.8. The lowest BCUT2D eigenvalue weighted by Gasteiger charge is -2.08. The molecule has 2 nitrogen and oxygen atoms in total. The average Bonchev–Trinajstić information content (AvgIpc) is 2.87. The summed E-state index contributed by atoms with van der Waals surface area (Å²) in [6.07, 6.45) is -4.42. The zero-order valence-corrected chi connectivity index (χ0v) is 11.8. The maximum absolute atomic E-state index is 14.1. The van der Waals surface area contributed by atoms with Crippen LogP contribution in [0.3, 0.4) is 0 Å². The third-order valence-electron chi connectivity index (χ3n) is 3.30. The first-order valence-corrected chi connectivity index (χ1v) is 6.85. The van der Waals surface area contributed by atoms with Crippen molar-refractivity contribution in [1.29, 1.82) is 0 Å². The average molecular weight is 329 g/mol. The van der Waals surface area contributed by atoms with Crippen LogP contribution in [0.15, 0.2) is 42.5 Å². The van der Waals surface area contributed by atoms with E-state index in [1.165, 1.54) is 28.9 Å². The second-order valence-electron chi connectivity index (χ2n) is 4.67. The van der Waals surface area contributed by atoms with Gasteiger partial charge in [0.05, 0.1) is 22.8 Å². The van der Waals surface area contributed by atoms with E-state index in [4.69, 9.17) is 11.6 Å². The Balaban J connectivity index is 2.18. The van der Waals surface area contributed by atoms with Crippen LogP contribution in [0.25, 0.3) is 16.6 Å². The van der Waals surface area contributed by atoms with Gasteiger partial charge < -0.3 is 0 Å². The molecular weight excluding hydrogens is 320 g/mol. The molecule has 0 aliphatic heterocycles. The fraction of sp³-hybridized carbons (Fsp3) is 0.133. The minimum atomic E-state index is -4.42. The molecule has 0 amide bonds. The van der Waals surface area contributed by atoms with E-state index in [1.807, 2.05) is 0 Å². The summed E-state index contributed by atoms with van der Waals surface area (Å²) in [5, 5.41) is 4.73. The monoisotopic (exact) mass is 328 g/mol. The van der Waals surface area contributed by atoms with Crippen LogP contribution in [0.5, 0.6) is 0 Å². The Labute approximate surface area is 127 Å². The van der Waals surface area contributed by atoms with Crippen LogP contribution in [-0.2, 0) is 12.1 Å². The Morgan fingerprint density at radius 1 is 1.05 bits per heavy atom. The van der Waals surface area contributed by atoms with Crippen LogP contribution in [0.1, 0.15) is 11.3 Å². The Hall–Kier alpha value is -2.08. The highest BCUT2D eigenvalue weighted by Gasteiger charge is 2.30. The van der Waals surface area contributed by atoms with Crippen molar-refractivity contribution in [2.45, 2.75) is 12.1 Å². The summed E-state index contributed by atoms with van der Waals surface area (Å²) in [7, 11) is 0. The van der Waals surface area contributed by atoms with E-state index in [9.17, 15) is 17.6 Å². The molecule has 0 fully saturated rings. The summed E-state index contributed by atoms with van der Waals surface area (Å²) in [6, 6.07) is 8.84. The highest BCUT2D eigenvalue weighted by atomic mass is 35.5. The van der Waals surface area contributed by atoms with E-state index in [0.29, 0.717) is 16.8 Å². The van der Waals surface area contributed by atoms with Gasteiger partial charge >= 0.3 is 6.18 Å². The molecule has 3 rings (SSSR count). The Bertz CT molecular complexity index is 822. The van der Waals surface area contributed by atoms with Crippen molar-refractivity contribution in [3.8, 4) is 5.69 Å². The molecule has 0 aliphatic carbocycles. The summed E-state index contributed by atoms with van der Waals surface area (Å²) in [4.78, 5) is 0. The molecule has 0 unspecified atom stereocenters. The highest BCUT2D eigenvalue weighted by Crippen LogP contribution is 2.31. The van der Waals surface area contributed by atoms with Crippen LogP contribution < -0.4 is 0 Å². The van der Waals surface area contributed by atoms with Gasteiger partial charge in [-0.05, 0) is 30.3 Å². The predicted molar refractivity (Wildman–Crippen MR) is 75.6 cm³/mol. The number of nitrogens with zero attached hydrogens (tertiary/aromatic N) is 2. The standard InChI is InChI=1S/C15H9ClF4N2/c16-8-13-11-2-1-3-12(17)14(11)22(21-13)10-6-4-9(5-7-10)15(18,19)20/h1-7H,8H2. The number of hydrogen-bond acceptors (Lipinski definition) is 1. The van der Waals surface area contributed by atoms with E-state index in [2.05, 4.69) is 5.10 Å². The Kier molecular flexibility index (Phi) is 3.56. The molecule has 22 heavy (non-hydrogen) atoms. The van der Waals surface area contributed by atoms with Crippen LogP contribution >= 0.6 is 11.6 Å². The second kappa shape index (κ2) is 5.28. The quantitative estimate of drug-likeness (QED) is 0.482. The topological polar surface area (TPSA) is 17.8 Å². The molecule has 0 spiro atoms. The molecule has 0 radical (unpaired) electrons. The van der Waals surface area contributed by atoms with Gasteiger partial charge in [-0.25, -0.2) is 9.07 Å². The molecule has 7 heteroatoms. The SMILES string of the molecule is Fc1cccc2c(CCl)nn(-c3ccc(C(F)(F)F)cc3)c12. The van der Waals surface area contributed by atoms with Crippen LogP contribution in [0.4, 0.5) is 17.6 Å². The van der Waals surface area contributed by atoms with Crippen LogP contribution in [0, 0.1) is 5.82 Å². The minimum Gasteiger partial charge on any atom is -0.230 e. The van der Waals surface area contributed by atoms with Crippen molar-refractivity contribution < 1.29 is 17.6 Å². The molecule has 3 aromatic rings. The first-order valence-electron chi connectivity index (χ1n) is 6.31. The van der Waals surface area contributed by atoms with Gasteiger partial charge in [0.15, 0.2) is 0 Å². The van der Waals surface area contributed by atoms with E-state index in [0.717, 1.165) is 12.1 Å². The van der Waals surface area contributed by atoms with Crippen molar-refractivity contribution in [2.24, 2.45) is 0 Å². The predicted octanol–water partition coefficient (Wildman–Crippen LogP) is 4.92. The Morgan fingerprint density at radius 2 is 1.73 bits per heavy atom. The number of fused-ring (bicyclic) bond motifs is 1. The third kappa shape index (κ3) is 2.43. The molecule has 0 aliphatic rings. The van der Waals surface area contributed by atoms with E-state index < -0.39 is 17.6 Å². The van der Waals surface area contributed by atoms with Gasteiger partial charge in [0, 0.05) is 5.39 Å². The molecule has 0 N–H and O–H groups in total. The summed E-state index contributed by atoms with van der Waals surface area (Å²) in [6.45, 7) is 0. The van der Waals surface area contributed by atoms with Gasteiger partial charge in [-0.1, -0.05) is 12.1 Å². The number of aromatic nitrogens is 2. The van der Waals surface area contributed by atoms with Gasteiger partial charge in [-0.2, -0.15) is 18.3 Å². The molecule has 0 bridgehead atoms. The zero-order valence-electron chi connectivity index (χ0n) is 11.0. The second-order valence-corrected chi connectivity index (χ2v) is 4.94. The fourth-order valence-electron chi connectivity index (χ4n) is 2.27. The molecule has 0 saturated heterocycles. The largest absolute Gasteiger partial charge is 0.416 e. The molecule has 0 saturated carbocycles. The van der Waals surface area contributed by atoms with Crippen molar-refractivity contribution >= 4 is 22.5 Å². The highest BCUT2D eigenvalue weighted by molar-refractivity contribution is 6.17. The Morgan fingerprint density at radius 3 is 2.32 bits per heavy atom. The minimum absolute atomic E-state index is 0.0770. The van der Waals surface area contributed by atoms with E-state index in [-0.39, 0.29) is 11.4 Å². The lowest BCUT2D eigenvalue weighted by molar-refractivity contribution is -0.137.